The Kier molecular flexibility index (Phi) is 15.3. The van der Waals surface area contributed by atoms with Crippen molar-refractivity contribution in [3.63, 3.8) is 0 Å². The summed E-state index contributed by atoms with van der Waals surface area (Å²) in [5.74, 6) is 0.297. The van der Waals surface area contributed by atoms with Gasteiger partial charge >= 0.3 is 11.9 Å². The van der Waals surface area contributed by atoms with Crippen molar-refractivity contribution in [2.45, 2.75) is 72.6 Å². The van der Waals surface area contributed by atoms with E-state index in [1.54, 1.807) is 13.8 Å². The highest BCUT2D eigenvalue weighted by Crippen LogP contribution is 2.40. The van der Waals surface area contributed by atoms with E-state index >= 15 is 0 Å². The number of hydrogen-bond donors (Lipinski definition) is 1. The van der Waals surface area contributed by atoms with Gasteiger partial charge in [0.25, 0.3) is 0 Å². The van der Waals surface area contributed by atoms with Gasteiger partial charge in [0.2, 0.25) is 0 Å². The summed E-state index contributed by atoms with van der Waals surface area (Å²) in [6, 6.07) is 19.1. The molecule has 0 saturated carbocycles. The molecule has 7 nitrogen and oxygen atoms in total. The largest absolute Gasteiger partial charge is 0.490 e. The van der Waals surface area contributed by atoms with Crippen LogP contribution in [0.2, 0.25) is 0 Å². The highest BCUT2D eigenvalue weighted by atomic mass is 16.6. The van der Waals surface area contributed by atoms with Crippen LogP contribution in [0.15, 0.2) is 78.9 Å². The van der Waals surface area contributed by atoms with Gasteiger partial charge in [0.05, 0.1) is 0 Å². The highest BCUT2D eigenvalue weighted by molar-refractivity contribution is 5.87. The van der Waals surface area contributed by atoms with Gasteiger partial charge in [0.1, 0.15) is 37.9 Å². The number of rotatable bonds is 20. The van der Waals surface area contributed by atoms with Gasteiger partial charge in [0.15, 0.2) is 0 Å². The number of aliphatic hydroxyl groups is 1. The van der Waals surface area contributed by atoms with Crippen molar-refractivity contribution in [1.82, 2.24) is 0 Å². The van der Waals surface area contributed by atoms with Crippen molar-refractivity contribution in [3.8, 4) is 33.8 Å². The third-order valence-corrected chi connectivity index (χ3v) is 7.74. The van der Waals surface area contributed by atoms with E-state index < -0.39 is 11.9 Å². The van der Waals surface area contributed by atoms with Crippen LogP contribution in [-0.2, 0) is 38.3 Å². The maximum atomic E-state index is 11.9. The number of benzene rings is 3. The number of aryl methyl sites for hydroxylation is 3. The van der Waals surface area contributed by atoms with Crippen LogP contribution >= 0.6 is 0 Å². The smallest absolute Gasteiger partial charge is 0.333 e. The highest BCUT2D eigenvalue weighted by Gasteiger charge is 2.18. The molecule has 0 fully saturated rings. The minimum absolute atomic E-state index is 0.0195. The molecular weight excluding hydrogens is 592 g/mol. The van der Waals surface area contributed by atoms with Gasteiger partial charge in [-0.25, -0.2) is 9.59 Å². The molecule has 0 spiro atoms. The lowest BCUT2D eigenvalue weighted by Crippen LogP contribution is -2.14. The van der Waals surface area contributed by atoms with Crippen LogP contribution in [0.4, 0.5) is 0 Å². The first-order valence-corrected chi connectivity index (χ1v) is 16.6. The number of aliphatic hydroxyl groups excluding tert-OH is 1. The zero-order valence-corrected chi connectivity index (χ0v) is 28.5. The first kappa shape index (κ1) is 37.1. The molecule has 47 heavy (non-hydrogen) atoms. The van der Waals surface area contributed by atoms with E-state index in [0.29, 0.717) is 35.5 Å². The van der Waals surface area contributed by atoms with Crippen LogP contribution < -0.4 is 9.47 Å². The van der Waals surface area contributed by atoms with Gasteiger partial charge in [-0.3, -0.25) is 0 Å². The molecule has 0 aliphatic heterocycles. The molecule has 7 heteroatoms. The van der Waals surface area contributed by atoms with Crippen LogP contribution in [0, 0.1) is 0 Å². The molecule has 3 aromatic carbocycles. The molecule has 0 heterocycles. The standard InChI is InChI=1S/C40H50O7/c1-7-9-10-12-30-14-16-32(17-15-30)33-18-19-35(31(8-2)25-33)36-27-37(44-21-23-46-39(42)28(3)4)34(13-11-20-41)26-38(36)45-22-24-47-40(43)29(5)6/h14-19,25-27,41H,3,5,7-13,20-24H2,1-2,4,6H3. The molecule has 3 rings (SSSR count). The Morgan fingerprint density at radius 1 is 0.660 bits per heavy atom. The molecule has 3 aromatic rings. The van der Waals surface area contributed by atoms with Gasteiger partial charge in [0, 0.05) is 23.3 Å². The SMILES string of the molecule is C=C(C)C(=O)OCCOc1cc(-c2ccc(-c3ccc(CCCCC)cc3)cc2CC)c(OCCOC(=O)C(=C)C)cc1CCCO. The molecule has 0 bridgehead atoms. The van der Waals surface area contributed by atoms with E-state index in [-0.39, 0.29) is 33.0 Å². The minimum Gasteiger partial charge on any atom is -0.490 e. The lowest BCUT2D eigenvalue weighted by molar-refractivity contribution is -0.140. The van der Waals surface area contributed by atoms with Crippen LogP contribution in [0.3, 0.4) is 0 Å². The topological polar surface area (TPSA) is 91.3 Å². The van der Waals surface area contributed by atoms with Crippen LogP contribution in [0.5, 0.6) is 11.5 Å². The third-order valence-electron chi connectivity index (χ3n) is 7.74. The van der Waals surface area contributed by atoms with Crippen LogP contribution in [-0.4, -0.2) is 50.1 Å². The predicted octanol–water partition coefficient (Wildman–Crippen LogP) is 8.24. The summed E-state index contributed by atoms with van der Waals surface area (Å²) in [5, 5.41) is 9.58. The fourth-order valence-electron chi connectivity index (χ4n) is 5.12. The number of carbonyl (C=O) groups excluding carboxylic acids is 2. The zero-order valence-electron chi connectivity index (χ0n) is 28.5. The number of esters is 2. The second kappa shape index (κ2) is 19.3. The number of hydrogen-bond acceptors (Lipinski definition) is 7. The third kappa shape index (κ3) is 11.4. The second-order valence-electron chi connectivity index (χ2n) is 11.7. The van der Waals surface area contributed by atoms with E-state index in [4.69, 9.17) is 18.9 Å². The summed E-state index contributed by atoms with van der Waals surface area (Å²) >= 11 is 0. The Labute approximate surface area is 280 Å². The molecule has 0 saturated heterocycles. The van der Waals surface area contributed by atoms with E-state index in [1.165, 1.54) is 24.8 Å². The minimum atomic E-state index is -0.468. The van der Waals surface area contributed by atoms with Crippen LogP contribution in [0.1, 0.15) is 70.1 Å². The van der Waals surface area contributed by atoms with Crippen LogP contribution in [0.25, 0.3) is 22.3 Å². The van der Waals surface area contributed by atoms with E-state index in [1.807, 2.05) is 12.1 Å². The summed E-state index contributed by atoms with van der Waals surface area (Å²) in [5.41, 5.74) is 8.10. The fraction of sp³-hybridized carbons (Fsp3) is 0.400. The molecule has 0 unspecified atom stereocenters. The second-order valence-corrected chi connectivity index (χ2v) is 11.7. The molecule has 0 amide bonds. The Bertz CT molecular complexity index is 1500. The summed E-state index contributed by atoms with van der Waals surface area (Å²) < 4.78 is 22.9. The monoisotopic (exact) mass is 642 g/mol. The summed E-state index contributed by atoms with van der Waals surface area (Å²) in [4.78, 5) is 23.8. The lowest BCUT2D eigenvalue weighted by atomic mass is 9.91. The van der Waals surface area contributed by atoms with Gasteiger partial charge in [-0.05, 0) is 91.5 Å². The van der Waals surface area contributed by atoms with E-state index in [9.17, 15) is 14.7 Å². The Balaban J connectivity index is 1.98. The molecule has 0 atom stereocenters. The molecule has 252 valence electrons. The van der Waals surface area contributed by atoms with Gasteiger partial charge < -0.3 is 24.1 Å². The van der Waals surface area contributed by atoms with E-state index in [0.717, 1.165) is 46.2 Å². The predicted molar refractivity (Wildman–Crippen MR) is 188 cm³/mol. The number of unbranched alkanes of at least 4 members (excludes halogenated alkanes) is 2. The molecule has 1 N–H and O–H groups in total. The van der Waals surface area contributed by atoms with Crippen molar-refractivity contribution < 1.29 is 33.6 Å². The fourth-order valence-corrected chi connectivity index (χ4v) is 5.12. The Morgan fingerprint density at radius 3 is 1.85 bits per heavy atom. The van der Waals surface area contributed by atoms with Gasteiger partial charge in [-0.2, -0.15) is 0 Å². The molecule has 0 aromatic heterocycles. The quantitative estimate of drug-likeness (QED) is 0.0754. The maximum Gasteiger partial charge on any atom is 0.333 e. The van der Waals surface area contributed by atoms with Crippen molar-refractivity contribution >= 4 is 11.9 Å². The average molecular weight is 643 g/mol. The Morgan fingerprint density at radius 2 is 1.28 bits per heavy atom. The van der Waals surface area contributed by atoms with Gasteiger partial charge in [-0.1, -0.05) is 82.3 Å². The number of carbonyl (C=O) groups is 2. The van der Waals surface area contributed by atoms with Crippen molar-refractivity contribution in [3.05, 3.63) is 95.6 Å². The Hall–Kier alpha value is -4.36. The first-order chi connectivity index (χ1) is 22.7. The van der Waals surface area contributed by atoms with E-state index in [2.05, 4.69) is 69.5 Å². The zero-order chi connectivity index (χ0) is 34.2. The number of ether oxygens (including phenoxy) is 4. The average Bonchev–Trinajstić information content (AvgIpc) is 3.07. The van der Waals surface area contributed by atoms with Gasteiger partial charge in [-0.15, -0.1) is 0 Å². The summed E-state index contributed by atoms with van der Waals surface area (Å²) in [6.45, 7) is 15.2. The molecule has 0 aliphatic rings. The summed E-state index contributed by atoms with van der Waals surface area (Å²) in [7, 11) is 0. The van der Waals surface area contributed by atoms with Crippen molar-refractivity contribution in [2.75, 3.05) is 33.0 Å². The van der Waals surface area contributed by atoms with Crippen molar-refractivity contribution in [1.29, 1.82) is 0 Å². The first-order valence-electron chi connectivity index (χ1n) is 16.6. The molecule has 0 radical (unpaired) electrons. The normalized spacial score (nSPS) is 10.7. The summed E-state index contributed by atoms with van der Waals surface area (Å²) in [6.07, 6.45) is 6.62. The molecule has 0 aliphatic carbocycles. The van der Waals surface area contributed by atoms with Crippen molar-refractivity contribution in [2.24, 2.45) is 0 Å². The maximum absolute atomic E-state index is 11.9. The molecular formula is C40H50O7. The lowest BCUT2D eigenvalue weighted by Gasteiger charge is -2.20.